The molecule has 1 atom stereocenters. The smallest absolute Gasteiger partial charge is 0.132 e. The van der Waals surface area contributed by atoms with Gasteiger partial charge in [0, 0.05) is 17.9 Å². The first-order valence-corrected chi connectivity index (χ1v) is 5.95. The Bertz CT molecular complexity index is 325. The molecule has 1 aromatic heterocycles. The first kappa shape index (κ1) is 12.0. The fourth-order valence-corrected chi connectivity index (χ4v) is 1.94. The van der Waals surface area contributed by atoms with Gasteiger partial charge in [0.1, 0.15) is 5.15 Å². The SMILES string of the molecule is CC(C)c1nn(C)c(Cl)c1C(O)CBr. The molecule has 0 aromatic carbocycles. The number of halogens is 2. The second-order valence-corrected chi connectivity index (χ2v) is 4.54. The second-order valence-electron chi connectivity index (χ2n) is 3.54. The highest BCUT2D eigenvalue weighted by Crippen LogP contribution is 2.31. The van der Waals surface area contributed by atoms with Crippen LogP contribution in [0.3, 0.4) is 0 Å². The second kappa shape index (κ2) is 4.64. The van der Waals surface area contributed by atoms with E-state index in [9.17, 15) is 5.11 Å². The maximum Gasteiger partial charge on any atom is 0.132 e. The molecule has 0 spiro atoms. The zero-order valence-corrected chi connectivity index (χ0v) is 10.8. The molecule has 0 aliphatic carbocycles. The molecule has 0 bridgehead atoms. The summed E-state index contributed by atoms with van der Waals surface area (Å²) in [6, 6.07) is 0. The minimum atomic E-state index is -0.589. The minimum absolute atomic E-state index is 0.261. The summed E-state index contributed by atoms with van der Waals surface area (Å²) in [7, 11) is 1.78. The lowest BCUT2D eigenvalue weighted by molar-refractivity contribution is 0.204. The van der Waals surface area contributed by atoms with Crippen LogP contribution in [0.5, 0.6) is 0 Å². The molecular weight excluding hydrogens is 267 g/mol. The van der Waals surface area contributed by atoms with Gasteiger partial charge in [-0.1, -0.05) is 41.4 Å². The van der Waals surface area contributed by atoms with Crippen molar-refractivity contribution in [3.8, 4) is 0 Å². The molecule has 0 radical (unpaired) electrons. The molecule has 3 nitrogen and oxygen atoms in total. The fourth-order valence-electron chi connectivity index (χ4n) is 1.35. The lowest BCUT2D eigenvalue weighted by Gasteiger charge is -2.09. The van der Waals surface area contributed by atoms with Crippen molar-refractivity contribution in [2.24, 2.45) is 7.05 Å². The van der Waals surface area contributed by atoms with Crippen LogP contribution in [0.4, 0.5) is 0 Å². The van der Waals surface area contributed by atoms with Crippen molar-refractivity contribution in [1.29, 1.82) is 0 Å². The number of aryl methyl sites for hydroxylation is 1. The molecule has 0 saturated heterocycles. The van der Waals surface area contributed by atoms with Crippen molar-refractivity contribution >= 4 is 27.5 Å². The molecule has 1 unspecified atom stereocenters. The normalized spacial score (nSPS) is 13.6. The van der Waals surface area contributed by atoms with Gasteiger partial charge in [-0.3, -0.25) is 4.68 Å². The highest BCUT2D eigenvalue weighted by atomic mass is 79.9. The van der Waals surface area contributed by atoms with Crippen LogP contribution in [0, 0.1) is 0 Å². The van der Waals surface area contributed by atoms with Crippen molar-refractivity contribution < 1.29 is 5.11 Å². The Balaban J connectivity index is 3.23. The van der Waals surface area contributed by atoms with Crippen LogP contribution in [-0.4, -0.2) is 20.2 Å². The number of aromatic nitrogens is 2. The largest absolute Gasteiger partial charge is 0.387 e. The van der Waals surface area contributed by atoms with Crippen LogP contribution in [0.25, 0.3) is 0 Å². The Morgan fingerprint density at radius 2 is 2.14 bits per heavy atom. The zero-order valence-electron chi connectivity index (χ0n) is 8.46. The van der Waals surface area contributed by atoms with E-state index in [1.54, 1.807) is 11.7 Å². The third-order valence-electron chi connectivity index (χ3n) is 2.07. The number of aliphatic hydroxyl groups is 1. The van der Waals surface area contributed by atoms with E-state index in [-0.39, 0.29) is 5.92 Å². The summed E-state index contributed by atoms with van der Waals surface area (Å²) in [6.07, 6.45) is -0.589. The molecule has 80 valence electrons. The first-order valence-electron chi connectivity index (χ1n) is 4.45. The highest BCUT2D eigenvalue weighted by molar-refractivity contribution is 9.09. The maximum atomic E-state index is 9.77. The van der Waals surface area contributed by atoms with Gasteiger partial charge in [-0.05, 0) is 5.92 Å². The van der Waals surface area contributed by atoms with Gasteiger partial charge in [0.05, 0.1) is 11.8 Å². The van der Waals surface area contributed by atoms with Crippen LogP contribution in [0.15, 0.2) is 0 Å². The average Bonchev–Trinajstić information content (AvgIpc) is 2.43. The Morgan fingerprint density at radius 3 is 2.57 bits per heavy atom. The monoisotopic (exact) mass is 280 g/mol. The summed E-state index contributed by atoms with van der Waals surface area (Å²) < 4.78 is 1.60. The highest BCUT2D eigenvalue weighted by Gasteiger charge is 2.22. The minimum Gasteiger partial charge on any atom is -0.387 e. The maximum absolute atomic E-state index is 9.77. The van der Waals surface area contributed by atoms with Gasteiger partial charge in [0.2, 0.25) is 0 Å². The van der Waals surface area contributed by atoms with E-state index in [2.05, 4.69) is 21.0 Å². The van der Waals surface area contributed by atoms with Gasteiger partial charge in [-0.25, -0.2) is 0 Å². The van der Waals surface area contributed by atoms with Gasteiger partial charge in [-0.15, -0.1) is 0 Å². The molecule has 0 amide bonds. The number of nitrogens with zero attached hydrogens (tertiary/aromatic N) is 2. The summed E-state index contributed by atoms with van der Waals surface area (Å²) >= 11 is 9.28. The third kappa shape index (κ3) is 2.12. The predicted molar refractivity (Wildman–Crippen MR) is 61.1 cm³/mol. The summed E-state index contributed by atoms with van der Waals surface area (Å²) in [5, 5.41) is 15.0. The molecule has 14 heavy (non-hydrogen) atoms. The Morgan fingerprint density at radius 1 is 1.57 bits per heavy atom. The van der Waals surface area contributed by atoms with Crippen LogP contribution < -0.4 is 0 Å². The Kier molecular flexibility index (Phi) is 3.98. The number of alkyl halides is 1. The number of hydrogen-bond acceptors (Lipinski definition) is 2. The van der Waals surface area contributed by atoms with Crippen molar-refractivity contribution in [3.63, 3.8) is 0 Å². The van der Waals surface area contributed by atoms with E-state index >= 15 is 0 Å². The quantitative estimate of drug-likeness (QED) is 0.865. The van der Waals surface area contributed by atoms with Crippen LogP contribution in [0.1, 0.15) is 37.1 Å². The molecule has 0 aliphatic heterocycles. The Hall–Kier alpha value is -0.0600. The van der Waals surface area contributed by atoms with Gasteiger partial charge < -0.3 is 5.11 Å². The lowest BCUT2D eigenvalue weighted by atomic mass is 10.0. The van der Waals surface area contributed by atoms with Crippen molar-refractivity contribution in [3.05, 3.63) is 16.4 Å². The van der Waals surface area contributed by atoms with E-state index in [1.807, 2.05) is 13.8 Å². The van der Waals surface area contributed by atoms with Crippen LogP contribution in [0.2, 0.25) is 5.15 Å². The first-order chi connectivity index (χ1) is 6.49. The standard InChI is InChI=1S/C9H14BrClN2O/c1-5(2)8-7(6(14)4-10)9(11)13(3)12-8/h5-6,14H,4H2,1-3H3. The summed E-state index contributed by atoms with van der Waals surface area (Å²) in [5.74, 6) is 0.261. The Labute approximate surface area is 97.2 Å². The predicted octanol–water partition coefficient (Wildman–Crippen LogP) is 2.63. The molecule has 1 aromatic rings. The van der Waals surface area contributed by atoms with E-state index < -0.39 is 6.10 Å². The van der Waals surface area contributed by atoms with E-state index in [1.165, 1.54) is 0 Å². The van der Waals surface area contributed by atoms with Crippen molar-refractivity contribution in [2.45, 2.75) is 25.9 Å². The molecule has 1 heterocycles. The number of aliphatic hydroxyl groups excluding tert-OH is 1. The molecule has 1 N–H and O–H groups in total. The van der Waals surface area contributed by atoms with Gasteiger partial charge in [0.25, 0.3) is 0 Å². The third-order valence-corrected chi connectivity index (χ3v) is 3.13. The van der Waals surface area contributed by atoms with Crippen molar-refractivity contribution in [1.82, 2.24) is 9.78 Å². The number of rotatable bonds is 3. The van der Waals surface area contributed by atoms with Crippen molar-refractivity contribution in [2.75, 3.05) is 5.33 Å². The topological polar surface area (TPSA) is 38.0 Å². The van der Waals surface area contributed by atoms with E-state index in [0.717, 1.165) is 11.3 Å². The van der Waals surface area contributed by atoms with Gasteiger partial charge in [-0.2, -0.15) is 5.10 Å². The summed E-state index contributed by atoms with van der Waals surface area (Å²) in [6.45, 7) is 4.06. The average molecular weight is 282 g/mol. The molecular formula is C9H14BrClN2O. The van der Waals surface area contributed by atoms with E-state index in [0.29, 0.717) is 10.5 Å². The fraction of sp³-hybridized carbons (Fsp3) is 0.667. The molecule has 1 rings (SSSR count). The molecule has 5 heteroatoms. The summed E-state index contributed by atoms with van der Waals surface area (Å²) in [5.41, 5.74) is 1.60. The summed E-state index contributed by atoms with van der Waals surface area (Å²) in [4.78, 5) is 0. The number of hydrogen-bond donors (Lipinski definition) is 1. The van der Waals surface area contributed by atoms with E-state index in [4.69, 9.17) is 11.6 Å². The zero-order chi connectivity index (χ0) is 10.9. The molecule has 0 aliphatic rings. The van der Waals surface area contributed by atoms with Gasteiger partial charge in [0.15, 0.2) is 0 Å². The lowest BCUT2D eigenvalue weighted by Crippen LogP contribution is -2.03. The molecule has 0 fully saturated rings. The van der Waals surface area contributed by atoms with Crippen LogP contribution >= 0.6 is 27.5 Å². The van der Waals surface area contributed by atoms with Gasteiger partial charge >= 0.3 is 0 Å². The molecule has 0 saturated carbocycles. The van der Waals surface area contributed by atoms with Crippen LogP contribution in [-0.2, 0) is 7.05 Å².